The van der Waals surface area contributed by atoms with Crippen LogP contribution in [0, 0.1) is 0 Å². The molecule has 0 aliphatic rings. The monoisotopic (exact) mass is 241 g/mol. The molecule has 82 valence electrons. The third kappa shape index (κ3) is 1.85. The summed E-state index contributed by atoms with van der Waals surface area (Å²) in [6.45, 7) is 0. The Kier molecular flexibility index (Phi) is 2.46. The molecular weight excluding hydrogens is 234 g/mol. The number of aromatic nitrogens is 3. The van der Waals surface area contributed by atoms with E-state index in [1.807, 2.05) is 30.5 Å². The zero-order valence-electron chi connectivity index (χ0n) is 8.84. The van der Waals surface area contributed by atoms with E-state index in [1.165, 1.54) is 6.20 Å². The summed E-state index contributed by atoms with van der Waals surface area (Å²) in [5.41, 5.74) is 1.79. The highest BCUT2D eigenvalue weighted by Crippen LogP contribution is 2.26. The second-order valence-corrected chi connectivity index (χ2v) is 4.02. The number of hydrogen-bond acceptors (Lipinski definition) is 3. The molecule has 0 spiro atoms. The molecule has 3 aromatic rings. The summed E-state index contributed by atoms with van der Waals surface area (Å²) in [6, 6.07) is 7.96. The number of fused-ring (bicyclic) bond motifs is 1. The maximum Gasteiger partial charge on any atom is 0.148 e. The van der Waals surface area contributed by atoms with E-state index < -0.39 is 0 Å². The first-order valence-corrected chi connectivity index (χ1v) is 5.53. The van der Waals surface area contributed by atoms with E-state index in [1.54, 1.807) is 12.4 Å². The van der Waals surface area contributed by atoms with Crippen LogP contribution in [0.25, 0.3) is 22.0 Å². The molecule has 0 aliphatic carbocycles. The number of hydrogen-bond donors (Lipinski definition) is 0. The van der Waals surface area contributed by atoms with Crippen molar-refractivity contribution in [2.24, 2.45) is 0 Å². The fourth-order valence-corrected chi connectivity index (χ4v) is 1.97. The smallest absolute Gasteiger partial charge is 0.148 e. The maximum absolute atomic E-state index is 5.86. The summed E-state index contributed by atoms with van der Waals surface area (Å²) >= 11 is 5.86. The van der Waals surface area contributed by atoms with Gasteiger partial charge in [0.2, 0.25) is 0 Å². The Morgan fingerprint density at radius 1 is 0.941 bits per heavy atom. The lowest BCUT2D eigenvalue weighted by molar-refractivity contribution is 1.21. The normalized spacial score (nSPS) is 10.6. The zero-order chi connectivity index (χ0) is 11.7. The van der Waals surface area contributed by atoms with Crippen molar-refractivity contribution in [2.45, 2.75) is 0 Å². The molecule has 0 saturated heterocycles. The van der Waals surface area contributed by atoms with E-state index in [0.717, 1.165) is 22.0 Å². The van der Waals surface area contributed by atoms with Crippen molar-refractivity contribution in [3.63, 3.8) is 0 Å². The Bertz CT molecular complexity index is 677. The molecule has 0 fully saturated rings. The molecule has 2 aromatic heterocycles. The topological polar surface area (TPSA) is 38.7 Å². The molecule has 17 heavy (non-hydrogen) atoms. The van der Waals surface area contributed by atoms with E-state index >= 15 is 0 Å². The summed E-state index contributed by atoms with van der Waals surface area (Å²) in [6.07, 6.45) is 6.83. The van der Waals surface area contributed by atoms with Crippen molar-refractivity contribution >= 4 is 22.4 Å². The summed E-state index contributed by atoms with van der Waals surface area (Å²) in [5, 5.41) is 2.57. The highest BCUT2D eigenvalue weighted by molar-refractivity contribution is 6.29. The second kappa shape index (κ2) is 4.11. The zero-order valence-corrected chi connectivity index (χ0v) is 9.59. The minimum absolute atomic E-state index is 0.397. The molecule has 4 heteroatoms. The first-order chi connectivity index (χ1) is 8.34. The van der Waals surface area contributed by atoms with Gasteiger partial charge in [-0.3, -0.25) is 9.97 Å². The molecule has 2 heterocycles. The van der Waals surface area contributed by atoms with E-state index in [9.17, 15) is 0 Å². The van der Waals surface area contributed by atoms with Crippen LogP contribution in [0.5, 0.6) is 0 Å². The molecule has 3 rings (SSSR count). The van der Waals surface area contributed by atoms with Crippen LogP contribution in [0.2, 0.25) is 5.15 Å². The Morgan fingerprint density at radius 2 is 1.88 bits per heavy atom. The van der Waals surface area contributed by atoms with Crippen LogP contribution in [0.15, 0.2) is 49.1 Å². The van der Waals surface area contributed by atoms with Crippen molar-refractivity contribution < 1.29 is 0 Å². The van der Waals surface area contributed by atoms with Gasteiger partial charge in [-0.2, -0.15) is 0 Å². The SMILES string of the molecule is Clc1cncc(-c2cccc3cnccc23)n1. The summed E-state index contributed by atoms with van der Waals surface area (Å²) in [7, 11) is 0. The highest BCUT2D eigenvalue weighted by Gasteiger charge is 2.05. The van der Waals surface area contributed by atoms with Crippen molar-refractivity contribution in [1.82, 2.24) is 15.0 Å². The quantitative estimate of drug-likeness (QED) is 0.656. The standard InChI is InChI=1S/C13H8ClN3/c14-13-8-16-7-12(17-13)11-3-1-2-9-6-15-5-4-10(9)11/h1-8H. The molecular formula is C13H8ClN3. The summed E-state index contributed by atoms with van der Waals surface area (Å²) < 4.78 is 0. The van der Waals surface area contributed by atoms with Crippen LogP contribution >= 0.6 is 11.6 Å². The fourth-order valence-electron chi connectivity index (χ4n) is 1.82. The fraction of sp³-hybridized carbons (Fsp3) is 0. The van der Waals surface area contributed by atoms with Crippen molar-refractivity contribution in [3.8, 4) is 11.3 Å². The third-order valence-corrected chi connectivity index (χ3v) is 2.74. The third-order valence-electron chi connectivity index (χ3n) is 2.56. The molecule has 0 unspecified atom stereocenters. The van der Waals surface area contributed by atoms with Crippen molar-refractivity contribution in [1.29, 1.82) is 0 Å². The molecule has 0 atom stereocenters. The van der Waals surface area contributed by atoms with Crippen LogP contribution in [0.1, 0.15) is 0 Å². The summed E-state index contributed by atoms with van der Waals surface area (Å²) in [4.78, 5) is 12.4. The van der Waals surface area contributed by atoms with Gasteiger partial charge in [-0.05, 0) is 11.5 Å². The van der Waals surface area contributed by atoms with E-state index in [-0.39, 0.29) is 0 Å². The van der Waals surface area contributed by atoms with Gasteiger partial charge in [0.15, 0.2) is 0 Å². The molecule has 1 aromatic carbocycles. The lowest BCUT2D eigenvalue weighted by Gasteiger charge is -2.05. The van der Waals surface area contributed by atoms with Crippen LogP contribution in [-0.2, 0) is 0 Å². The van der Waals surface area contributed by atoms with Crippen molar-refractivity contribution in [2.75, 3.05) is 0 Å². The van der Waals surface area contributed by atoms with Crippen LogP contribution < -0.4 is 0 Å². The summed E-state index contributed by atoms with van der Waals surface area (Å²) in [5.74, 6) is 0. The molecule has 0 saturated carbocycles. The second-order valence-electron chi connectivity index (χ2n) is 3.63. The van der Waals surface area contributed by atoms with Gasteiger partial charge < -0.3 is 0 Å². The maximum atomic E-state index is 5.86. The van der Waals surface area contributed by atoms with E-state index in [2.05, 4.69) is 15.0 Å². The molecule has 0 amide bonds. The Morgan fingerprint density at radius 3 is 2.76 bits per heavy atom. The Balaban J connectivity index is 2.30. The van der Waals surface area contributed by atoms with Gasteiger partial charge in [-0.1, -0.05) is 29.8 Å². The molecule has 0 radical (unpaired) electrons. The predicted molar refractivity (Wildman–Crippen MR) is 67.8 cm³/mol. The number of rotatable bonds is 1. The van der Waals surface area contributed by atoms with Crippen LogP contribution in [0.4, 0.5) is 0 Å². The minimum atomic E-state index is 0.397. The van der Waals surface area contributed by atoms with Crippen molar-refractivity contribution in [3.05, 3.63) is 54.2 Å². The largest absolute Gasteiger partial charge is 0.264 e. The number of benzene rings is 1. The van der Waals surface area contributed by atoms with Gasteiger partial charge in [-0.15, -0.1) is 0 Å². The average Bonchev–Trinajstić information content (AvgIpc) is 2.38. The van der Waals surface area contributed by atoms with Gasteiger partial charge in [-0.25, -0.2) is 4.98 Å². The van der Waals surface area contributed by atoms with Gasteiger partial charge in [0.1, 0.15) is 5.15 Å². The predicted octanol–water partition coefficient (Wildman–Crippen LogP) is 3.35. The minimum Gasteiger partial charge on any atom is -0.264 e. The lowest BCUT2D eigenvalue weighted by atomic mass is 10.0. The van der Waals surface area contributed by atoms with Gasteiger partial charge >= 0.3 is 0 Å². The first-order valence-electron chi connectivity index (χ1n) is 5.15. The van der Waals surface area contributed by atoms with Crippen LogP contribution in [0.3, 0.4) is 0 Å². The molecule has 0 N–H and O–H groups in total. The number of pyridine rings is 1. The average molecular weight is 242 g/mol. The lowest BCUT2D eigenvalue weighted by Crippen LogP contribution is -1.88. The molecule has 0 aliphatic heterocycles. The van der Waals surface area contributed by atoms with Gasteiger partial charge in [0, 0.05) is 23.3 Å². The van der Waals surface area contributed by atoms with E-state index in [0.29, 0.717) is 5.15 Å². The highest BCUT2D eigenvalue weighted by atomic mass is 35.5. The number of halogens is 1. The van der Waals surface area contributed by atoms with Gasteiger partial charge in [0.05, 0.1) is 18.1 Å². The van der Waals surface area contributed by atoms with Crippen LogP contribution in [-0.4, -0.2) is 15.0 Å². The Labute approximate surface area is 103 Å². The molecule has 3 nitrogen and oxygen atoms in total. The first kappa shape index (κ1) is 10.2. The number of nitrogens with zero attached hydrogens (tertiary/aromatic N) is 3. The van der Waals surface area contributed by atoms with E-state index in [4.69, 9.17) is 11.6 Å². The molecule has 0 bridgehead atoms. The van der Waals surface area contributed by atoms with Gasteiger partial charge in [0.25, 0.3) is 0 Å². The Hall–Kier alpha value is -2.00.